The third-order valence-electron chi connectivity index (χ3n) is 9.94. The molecule has 0 unspecified atom stereocenters. The lowest BCUT2D eigenvalue weighted by atomic mass is 10.0. The van der Waals surface area contributed by atoms with Crippen molar-refractivity contribution in [2.24, 2.45) is 0 Å². The first-order chi connectivity index (χ1) is 20.2. The molecule has 0 aliphatic heterocycles. The number of quaternary nitrogens is 1. The summed E-state index contributed by atoms with van der Waals surface area (Å²) in [7, 11) is 0. The Hall–Kier alpha value is 0.250. The Labute approximate surface area is 275 Å². The van der Waals surface area contributed by atoms with Gasteiger partial charge in [0.1, 0.15) is 0 Å². The van der Waals surface area contributed by atoms with Crippen molar-refractivity contribution in [3.63, 3.8) is 0 Å². The summed E-state index contributed by atoms with van der Waals surface area (Å²) < 4.78 is 1.46. The summed E-state index contributed by atoms with van der Waals surface area (Å²) in [5.41, 5.74) is 0. The molecular weight excluding hydrogens is 530 g/mol. The quantitative estimate of drug-likeness (QED) is 0.0487. The molecule has 0 saturated carbocycles. The highest BCUT2D eigenvalue weighted by Crippen LogP contribution is 2.20. The largest absolute Gasteiger partial charge is 1.00 e. The van der Waals surface area contributed by atoms with Gasteiger partial charge in [-0.25, -0.2) is 0 Å². The van der Waals surface area contributed by atoms with E-state index in [0.717, 1.165) is 0 Å². The van der Waals surface area contributed by atoms with Crippen LogP contribution in [-0.2, 0) is 0 Å². The molecule has 0 radical (unpaired) electrons. The van der Waals surface area contributed by atoms with Crippen LogP contribution in [0.3, 0.4) is 0 Å². The predicted molar refractivity (Wildman–Crippen MR) is 190 cm³/mol. The normalized spacial score (nSPS) is 11.7. The SMILES string of the molecule is CCCCCCCCCCCCCCCC[N+](CCCC)(CCCC)CCCCCCCCCCCCCCCC.[Cl-]. The van der Waals surface area contributed by atoms with E-state index in [1.807, 2.05) is 0 Å². The van der Waals surface area contributed by atoms with Crippen LogP contribution in [-0.4, -0.2) is 30.7 Å². The van der Waals surface area contributed by atoms with Gasteiger partial charge in [-0.2, -0.15) is 0 Å². The Kier molecular flexibility index (Phi) is 39.6. The predicted octanol–water partition coefficient (Wildman–Crippen LogP) is 11.4. The Bertz CT molecular complexity index is 423. The molecule has 0 bridgehead atoms. The molecule has 0 heterocycles. The average molecular weight is 615 g/mol. The number of unbranched alkanes of at least 4 members (excludes halogenated alkanes) is 28. The van der Waals surface area contributed by atoms with Crippen molar-refractivity contribution >= 4 is 0 Å². The molecule has 0 amide bonds. The standard InChI is InChI=1S/C40H84N.ClH/c1-5-9-13-15-17-19-21-23-25-27-29-31-33-35-39-41(37-11-7-3,38-12-8-4)40-36-34-32-30-28-26-24-22-20-18-16-14-10-6-2;/h5-40H2,1-4H3;1H/q+1;/p-1. The third-order valence-corrected chi connectivity index (χ3v) is 9.94. The van der Waals surface area contributed by atoms with Crippen LogP contribution in [0.1, 0.15) is 233 Å². The van der Waals surface area contributed by atoms with Gasteiger partial charge in [0.05, 0.1) is 26.2 Å². The average Bonchev–Trinajstić information content (AvgIpc) is 2.99. The lowest BCUT2D eigenvalue weighted by Crippen LogP contribution is -3.00. The van der Waals surface area contributed by atoms with E-state index in [-0.39, 0.29) is 12.4 Å². The minimum atomic E-state index is 0. The van der Waals surface area contributed by atoms with E-state index in [9.17, 15) is 0 Å². The van der Waals surface area contributed by atoms with E-state index in [2.05, 4.69) is 27.7 Å². The summed E-state index contributed by atoms with van der Waals surface area (Å²) >= 11 is 0. The molecule has 0 saturated heterocycles. The fourth-order valence-electron chi connectivity index (χ4n) is 6.94. The van der Waals surface area contributed by atoms with Crippen molar-refractivity contribution < 1.29 is 16.9 Å². The van der Waals surface area contributed by atoms with Crippen molar-refractivity contribution in [1.82, 2.24) is 0 Å². The molecule has 2 heteroatoms. The zero-order valence-corrected chi connectivity index (χ0v) is 31.0. The van der Waals surface area contributed by atoms with Gasteiger partial charge in [0, 0.05) is 0 Å². The molecule has 0 aliphatic rings. The monoisotopic (exact) mass is 614 g/mol. The van der Waals surface area contributed by atoms with Gasteiger partial charge >= 0.3 is 0 Å². The molecule has 42 heavy (non-hydrogen) atoms. The zero-order chi connectivity index (χ0) is 30.0. The Morgan fingerprint density at radius 2 is 0.381 bits per heavy atom. The van der Waals surface area contributed by atoms with Crippen LogP contribution in [0.4, 0.5) is 0 Å². The second kappa shape index (κ2) is 37.4. The highest BCUT2D eigenvalue weighted by atomic mass is 35.5. The van der Waals surface area contributed by atoms with Crippen LogP contribution in [0.5, 0.6) is 0 Å². The van der Waals surface area contributed by atoms with E-state index in [1.54, 1.807) is 0 Å². The molecule has 1 nitrogen and oxygen atoms in total. The van der Waals surface area contributed by atoms with Crippen molar-refractivity contribution in [3.05, 3.63) is 0 Å². The highest BCUT2D eigenvalue weighted by Gasteiger charge is 2.25. The first-order valence-electron chi connectivity index (χ1n) is 20.1. The lowest BCUT2D eigenvalue weighted by Gasteiger charge is -2.39. The van der Waals surface area contributed by atoms with Gasteiger partial charge in [-0.15, -0.1) is 0 Å². The molecule has 0 fully saturated rings. The van der Waals surface area contributed by atoms with Gasteiger partial charge in [0.25, 0.3) is 0 Å². The maximum Gasteiger partial charge on any atom is 0.0786 e. The second-order valence-electron chi connectivity index (χ2n) is 14.1. The summed E-state index contributed by atoms with van der Waals surface area (Å²) in [6, 6.07) is 0. The Morgan fingerprint density at radius 1 is 0.214 bits per heavy atom. The van der Waals surface area contributed by atoms with Crippen molar-refractivity contribution in [3.8, 4) is 0 Å². The maximum atomic E-state index is 2.40. The van der Waals surface area contributed by atoms with E-state index < -0.39 is 0 Å². The number of hydrogen-bond donors (Lipinski definition) is 0. The van der Waals surface area contributed by atoms with Gasteiger partial charge < -0.3 is 16.9 Å². The molecule has 0 atom stereocenters. The summed E-state index contributed by atoms with van der Waals surface area (Å²) in [5.74, 6) is 0. The van der Waals surface area contributed by atoms with E-state index in [1.165, 1.54) is 236 Å². The van der Waals surface area contributed by atoms with E-state index >= 15 is 0 Å². The van der Waals surface area contributed by atoms with Crippen molar-refractivity contribution in [2.75, 3.05) is 26.2 Å². The summed E-state index contributed by atoms with van der Waals surface area (Å²) in [4.78, 5) is 0. The number of halogens is 1. The molecule has 0 spiro atoms. The molecule has 0 N–H and O–H groups in total. The van der Waals surface area contributed by atoms with Crippen molar-refractivity contribution in [2.45, 2.75) is 233 Å². The first-order valence-corrected chi connectivity index (χ1v) is 20.1. The van der Waals surface area contributed by atoms with Crippen LogP contribution in [0, 0.1) is 0 Å². The summed E-state index contributed by atoms with van der Waals surface area (Å²) in [5, 5.41) is 0. The molecule has 256 valence electrons. The summed E-state index contributed by atoms with van der Waals surface area (Å²) in [6.45, 7) is 15.3. The van der Waals surface area contributed by atoms with Crippen LogP contribution >= 0.6 is 0 Å². The van der Waals surface area contributed by atoms with E-state index in [4.69, 9.17) is 0 Å². The van der Waals surface area contributed by atoms with Crippen LogP contribution in [0.15, 0.2) is 0 Å². The molecule has 0 aromatic heterocycles. The van der Waals surface area contributed by atoms with Gasteiger partial charge in [-0.3, -0.25) is 0 Å². The van der Waals surface area contributed by atoms with Gasteiger partial charge in [0.15, 0.2) is 0 Å². The fourth-order valence-corrected chi connectivity index (χ4v) is 6.94. The zero-order valence-electron chi connectivity index (χ0n) is 30.3. The number of hydrogen-bond acceptors (Lipinski definition) is 0. The molecule has 0 aliphatic carbocycles. The third kappa shape index (κ3) is 31.7. The van der Waals surface area contributed by atoms with Gasteiger partial charge in [-0.05, 0) is 38.5 Å². The minimum absolute atomic E-state index is 0. The molecular formula is C40H84ClN. The van der Waals surface area contributed by atoms with Crippen LogP contribution < -0.4 is 12.4 Å². The minimum Gasteiger partial charge on any atom is -1.00 e. The maximum absolute atomic E-state index is 2.40. The highest BCUT2D eigenvalue weighted by molar-refractivity contribution is 4.54. The summed E-state index contributed by atoms with van der Waals surface area (Å²) in [6.07, 6.45) is 46.8. The van der Waals surface area contributed by atoms with Gasteiger partial charge in [0.2, 0.25) is 0 Å². The van der Waals surface area contributed by atoms with Crippen LogP contribution in [0.2, 0.25) is 0 Å². The first kappa shape index (κ1) is 44.4. The number of nitrogens with zero attached hydrogens (tertiary/aromatic N) is 1. The Morgan fingerprint density at radius 3 is 0.595 bits per heavy atom. The number of rotatable bonds is 36. The fraction of sp³-hybridized carbons (Fsp3) is 1.00. The smallest absolute Gasteiger partial charge is 0.0786 e. The van der Waals surface area contributed by atoms with E-state index in [0.29, 0.717) is 0 Å². The molecule has 0 aromatic carbocycles. The molecule has 0 aromatic rings. The lowest BCUT2D eigenvalue weighted by molar-refractivity contribution is -0.929. The Balaban J connectivity index is 0. The second-order valence-corrected chi connectivity index (χ2v) is 14.1. The van der Waals surface area contributed by atoms with Gasteiger partial charge in [-0.1, -0.05) is 195 Å². The molecule has 0 rings (SSSR count). The van der Waals surface area contributed by atoms with Crippen LogP contribution in [0.25, 0.3) is 0 Å². The topological polar surface area (TPSA) is 0 Å². The van der Waals surface area contributed by atoms with Crippen molar-refractivity contribution in [1.29, 1.82) is 0 Å².